The van der Waals surface area contributed by atoms with E-state index in [1.807, 2.05) is 69.3 Å². The van der Waals surface area contributed by atoms with Crippen molar-refractivity contribution in [2.75, 3.05) is 31.6 Å². The first-order valence-corrected chi connectivity index (χ1v) is 9.70. The van der Waals surface area contributed by atoms with Crippen molar-refractivity contribution >= 4 is 11.6 Å². The first-order chi connectivity index (χ1) is 13.5. The van der Waals surface area contributed by atoms with Gasteiger partial charge in [-0.15, -0.1) is 0 Å². The molecule has 1 aliphatic rings. The molecule has 150 valence electrons. The van der Waals surface area contributed by atoms with E-state index in [1.165, 1.54) is 0 Å². The minimum atomic E-state index is -0.0264. The zero-order chi connectivity index (χ0) is 19.9. The van der Waals surface area contributed by atoms with E-state index >= 15 is 0 Å². The van der Waals surface area contributed by atoms with Crippen LogP contribution >= 0.6 is 0 Å². The van der Waals surface area contributed by atoms with Gasteiger partial charge in [-0.2, -0.15) is 0 Å². The fourth-order valence-electron chi connectivity index (χ4n) is 3.33. The highest BCUT2D eigenvalue weighted by Crippen LogP contribution is 2.25. The second-order valence-corrected chi connectivity index (χ2v) is 7.03. The van der Waals surface area contributed by atoms with Crippen LogP contribution in [-0.2, 0) is 9.53 Å². The molecule has 0 unspecified atom stereocenters. The van der Waals surface area contributed by atoms with Crippen LogP contribution in [0.1, 0.15) is 20.8 Å². The van der Waals surface area contributed by atoms with Crippen LogP contribution in [0.4, 0.5) is 5.69 Å². The standard InChI is InChI=1S/C22H28N2O4/c1-4-26-19-9-11-21(12-10-19)28-20-7-5-18(6-8-20)23-22(25)15-24-13-16(2)27-17(3)14-24/h5-12,16-17H,4,13-15H2,1-3H3,(H,23,25)/t16-,17+. The largest absolute Gasteiger partial charge is 0.494 e. The van der Waals surface area contributed by atoms with Crippen molar-refractivity contribution in [3.63, 3.8) is 0 Å². The summed E-state index contributed by atoms with van der Waals surface area (Å²) < 4.78 is 17.0. The summed E-state index contributed by atoms with van der Waals surface area (Å²) in [6, 6.07) is 14.8. The van der Waals surface area contributed by atoms with Gasteiger partial charge in [-0.25, -0.2) is 0 Å². The smallest absolute Gasteiger partial charge is 0.238 e. The molecule has 2 aromatic rings. The average molecular weight is 384 g/mol. The Hall–Kier alpha value is -2.57. The molecule has 6 heteroatoms. The Balaban J connectivity index is 1.50. The Labute approximate surface area is 166 Å². The van der Waals surface area contributed by atoms with Crippen molar-refractivity contribution in [3.8, 4) is 17.2 Å². The maximum atomic E-state index is 12.3. The lowest BCUT2D eigenvalue weighted by Gasteiger charge is -2.34. The number of amides is 1. The quantitative estimate of drug-likeness (QED) is 0.784. The van der Waals surface area contributed by atoms with Crippen LogP contribution in [0.5, 0.6) is 17.2 Å². The highest BCUT2D eigenvalue weighted by molar-refractivity contribution is 5.92. The number of hydrogen-bond acceptors (Lipinski definition) is 5. The van der Waals surface area contributed by atoms with E-state index in [-0.39, 0.29) is 18.1 Å². The Kier molecular flexibility index (Phi) is 6.90. The molecule has 28 heavy (non-hydrogen) atoms. The number of morpholine rings is 1. The zero-order valence-corrected chi connectivity index (χ0v) is 16.7. The normalized spacial score (nSPS) is 19.8. The number of benzene rings is 2. The maximum Gasteiger partial charge on any atom is 0.238 e. The summed E-state index contributed by atoms with van der Waals surface area (Å²) in [6.07, 6.45) is 0.297. The molecule has 1 fully saturated rings. The third kappa shape index (κ3) is 5.97. The summed E-state index contributed by atoms with van der Waals surface area (Å²) in [6.45, 7) is 8.55. The van der Waals surface area contributed by atoms with E-state index in [9.17, 15) is 4.79 Å². The molecule has 0 aromatic heterocycles. The van der Waals surface area contributed by atoms with Gasteiger partial charge in [-0.1, -0.05) is 0 Å². The Morgan fingerprint density at radius 1 is 1.00 bits per heavy atom. The average Bonchev–Trinajstić information content (AvgIpc) is 2.64. The lowest BCUT2D eigenvalue weighted by Crippen LogP contribution is -2.48. The summed E-state index contributed by atoms with van der Waals surface area (Å²) in [5, 5.41) is 2.94. The van der Waals surface area contributed by atoms with E-state index < -0.39 is 0 Å². The van der Waals surface area contributed by atoms with Crippen LogP contribution in [0.2, 0.25) is 0 Å². The van der Waals surface area contributed by atoms with E-state index in [0.29, 0.717) is 18.9 Å². The highest BCUT2D eigenvalue weighted by Gasteiger charge is 2.23. The molecule has 1 amide bonds. The van der Waals surface area contributed by atoms with Crippen LogP contribution in [0, 0.1) is 0 Å². The van der Waals surface area contributed by atoms with Crippen molar-refractivity contribution < 1.29 is 19.0 Å². The minimum absolute atomic E-state index is 0.0264. The lowest BCUT2D eigenvalue weighted by molar-refractivity contribution is -0.121. The molecular weight excluding hydrogens is 356 g/mol. The number of carbonyl (C=O) groups is 1. The zero-order valence-electron chi connectivity index (χ0n) is 16.7. The number of rotatable bonds is 7. The Bertz CT molecular complexity index is 751. The summed E-state index contributed by atoms with van der Waals surface area (Å²) in [7, 11) is 0. The molecule has 3 rings (SSSR count). The van der Waals surface area contributed by atoms with Crippen molar-refractivity contribution in [1.82, 2.24) is 4.90 Å². The summed E-state index contributed by atoms with van der Waals surface area (Å²) in [5.74, 6) is 2.23. The fourth-order valence-corrected chi connectivity index (χ4v) is 3.33. The summed E-state index contributed by atoms with van der Waals surface area (Å²) >= 11 is 0. The monoisotopic (exact) mass is 384 g/mol. The molecule has 1 N–H and O–H groups in total. The first-order valence-electron chi connectivity index (χ1n) is 9.70. The van der Waals surface area contributed by atoms with Crippen LogP contribution in [0.3, 0.4) is 0 Å². The molecule has 1 aliphatic heterocycles. The summed E-state index contributed by atoms with van der Waals surface area (Å²) in [5.41, 5.74) is 0.749. The molecule has 6 nitrogen and oxygen atoms in total. The minimum Gasteiger partial charge on any atom is -0.494 e. The Morgan fingerprint density at radius 2 is 1.54 bits per heavy atom. The predicted octanol–water partition coefficient (Wildman–Crippen LogP) is 3.93. The van der Waals surface area contributed by atoms with E-state index in [1.54, 1.807) is 0 Å². The van der Waals surface area contributed by atoms with Crippen molar-refractivity contribution in [2.24, 2.45) is 0 Å². The van der Waals surface area contributed by atoms with Gasteiger partial charge in [0.2, 0.25) is 5.91 Å². The predicted molar refractivity (Wildman–Crippen MR) is 109 cm³/mol. The van der Waals surface area contributed by atoms with Crippen LogP contribution in [-0.4, -0.2) is 49.3 Å². The van der Waals surface area contributed by atoms with Gasteiger partial charge in [0.1, 0.15) is 17.2 Å². The SMILES string of the molecule is CCOc1ccc(Oc2ccc(NC(=O)CN3C[C@@H](C)O[C@@H](C)C3)cc2)cc1. The number of nitrogens with one attached hydrogen (secondary N) is 1. The van der Waals surface area contributed by atoms with E-state index in [0.717, 1.165) is 30.3 Å². The number of ether oxygens (including phenoxy) is 3. The third-order valence-corrected chi connectivity index (χ3v) is 4.37. The number of carbonyl (C=O) groups excluding carboxylic acids is 1. The van der Waals surface area contributed by atoms with Gasteiger partial charge in [-0.05, 0) is 69.3 Å². The highest BCUT2D eigenvalue weighted by atomic mass is 16.5. The molecule has 0 aliphatic carbocycles. The van der Waals surface area contributed by atoms with Crippen LogP contribution in [0.25, 0.3) is 0 Å². The van der Waals surface area contributed by atoms with Gasteiger partial charge in [0.05, 0.1) is 25.4 Å². The summed E-state index contributed by atoms with van der Waals surface area (Å²) in [4.78, 5) is 14.4. The van der Waals surface area contributed by atoms with Gasteiger partial charge in [0.25, 0.3) is 0 Å². The molecule has 0 radical (unpaired) electrons. The van der Waals surface area contributed by atoms with Gasteiger partial charge >= 0.3 is 0 Å². The van der Waals surface area contributed by atoms with Gasteiger partial charge in [0, 0.05) is 18.8 Å². The molecular formula is C22H28N2O4. The topological polar surface area (TPSA) is 60.0 Å². The molecule has 1 saturated heterocycles. The molecule has 0 spiro atoms. The molecule has 1 heterocycles. The van der Waals surface area contributed by atoms with E-state index in [4.69, 9.17) is 14.2 Å². The van der Waals surface area contributed by atoms with Crippen LogP contribution in [0.15, 0.2) is 48.5 Å². The number of nitrogens with zero attached hydrogens (tertiary/aromatic N) is 1. The second kappa shape index (κ2) is 9.57. The maximum absolute atomic E-state index is 12.3. The molecule has 0 bridgehead atoms. The molecule has 0 saturated carbocycles. The van der Waals surface area contributed by atoms with Crippen molar-refractivity contribution in [2.45, 2.75) is 33.0 Å². The molecule has 2 aromatic carbocycles. The van der Waals surface area contributed by atoms with Gasteiger partial charge in [-0.3, -0.25) is 9.69 Å². The Morgan fingerprint density at radius 3 is 2.11 bits per heavy atom. The van der Waals surface area contributed by atoms with Crippen molar-refractivity contribution in [1.29, 1.82) is 0 Å². The number of anilines is 1. The fraction of sp³-hybridized carbons (Fsp3) is 0.409. The first kappa shape index (κ1) is 20.2. The second-order valence-electron chi connectivity index (χ2n) is 7.03. The molecule has 2 atom stereocenters. The third-order valence-electron chi connectivity index (χ3n) is 4.37. The van der Waals surface area contributed by atoms with E-state index in [2.05, 4.69) is 10.2 Å². The number of hydrogen-bond donors (Lipinski definition) is 1. The lowest BCUT2D eigenvalue weighted by atomic mass is 10.2. The van der Waals surface area contributed by atoms with Crippen LogP contribution < -0.4 is 14.8 Å². The van der Waals surface area contributed by atoms with Gasteiger partial charge in [0.15, 0.2) is 0 Å². The van der Waals surface area contributed by atoms with Crippen molar-refractivity contribution in [3.05, 3.63) is 48.5 Å². The van der Waals surface area contributed by atoms with Gasteiger partial charge < -0.3 is 19.5 Å².